The van der Waals surface area contributed by atoms with Crippen LogP contribution in [0, 0.1) is 0 Å². The molecule has 0 aromatic heterocycles. The number of hydrogen-bond donors (Lipinski definition) is 2. The Balaban J connectivity index is 3.39. The molecule has 0 amide bonds. The summed E-state index contributed by atoms with van der Waals surface area (Å²) in [5, 5.41) is 0. The maximum Gasteiger partial charge on any atom is 0.241 e. The zero-order valence-electron chi connectivity index (χ0n) is 7.94. The molecule has 0 aliphatic heterocycles. The van der Waals surface area contributed by atoms with Crippen LogP contribution in [0.5, 0.6) is 0 Å². The summed E-state index contributed by atoms with van der Waals surface area (Å²) in [4.78, 5) is 0.918. The van der Waals surface area contributed by atoms with E-state index in [4.69, 9.17) is 5.73 Å². The van der Waals surface area contributed by atoms with Crippen molar-refractivity contribution in [3.8, 4) is 0 Å². The third-order valence-corrected chi connectivity index (χ3v) is 4.13. The molecule has 1 aromatic rings. The number of benzene rings is 1. The number of anilines is 1. The largest absolute Gasteiger partial charge is 0.399 e. The van der Waals surface area contributed by atoms with E-state index in [9.17, 15) is 8.42 Å². The van der Waals surface area contributed by atoms with Crippen LogP contribution in [0.4, 0.5) is 5.69 Å². The predicted molar refractivity (Wildman–Crippen MR) is 58.9 cm³/mol. The van der Waals surface area contributed by atoms with Crippen LogP contribution in [-0.4, -0.2) is 21.7 Å². The summed E-state index contributed by atoms with van der Waals surface area (Å²) < 4.78 is 25.4. The van der Waals surface area contributed by atoms with Crippen LogP contribution in [0.3, 0.4) is 0 Å². The smallest absolute Gasteiger partial charge is 0.241 e. The predicted octanol–water partition coefficient (Wildman–Crippen LogP) is 0.899. The zero-order chi connectivity index (χ0) is 10.8. The Morgan fingerprint density at radius 3 is 2.57 bits per heavy atom. The Labute approximate surface area is 87.9 Å². The Morgan fingerprint density at radius 1 is 1.43 bits per heavy atom. The van der Waals surface area contributed by atoms with Gasteiger partial charge in [-0.3, -0.25) is 0 Å². The summed E-state index contributed by atoms with van der Waals surface area (Å²) in [5.41, 5.74) is 5.97. The maximum atomic E-state index is 11.6. The van der Waals surface area contributed by atoms with E-state index in [0.29, 0.717) is 10.6 Å². The van der Waals surface area contributed by atoms with Gasteiger partial charge < -0.3 is 5.73 Å². The molecular weight excluding hydrogens is 220 g/mol. The molecule has 0 bridgehead atoms. The van der Waals surface area contributed by atoms with Crippen LogP contribution in [0.2, 0.25) is 0 Å². The van der Waals surface area contributed by atoms with Crippen LogP contribution in [0.1, 0.15) is 0 Å². The van der Waals surface area contributed by atoms with Gasteiger partial charge in [-0.05, 0) is 31.5 Å². The summed E-state index contributed by atoms with van der Waals surface area (Å²) in [6.07, 6.45) is 1.82. The van der Waals surface area contributed by atoms with Crippen LogP contribution in [-0.2, 0) is 10.0 Å². The molecule has 0 heterocycles. The van der Waals surface area contributed by atoms with Gasteiger partial charge in [0.05, 0.1) is 4.90 Å². The zero-order valence-corrected chi connectivity index (χ0v) is 9.58. The number of nitrogen functional groups attached to an aromatic ring is 1. The third kappa shape index (κ3) is 2.20. The molecule has 0 spiro atoms. The first-order valence-corrected chi connectivity index (χ1v) is 6.59. The van der Waals surface area contributed by atoms with Gasteiger partial charge in [-0.15, -0.1) is 11.8 Å². The fourth-order valence-corrected chi connectivity index (χ4v) is 2.90. The molecule has 3 N–H and O–H groups in total. The number of thioether (sulfide) groups is 1. The molecule has 14 heavy (non-hydrogen) atoms. The van der Waals surface area contributed by atoms with E-state index in [0.717, 1.165) is 0 Å². The summed E-state index contributed by atoms with van der Waals surface area (Å²) in [6, 6.07) is 4.84. The molecule has 4 nitrogen and oxygen atoms in total. The second-order valence-electron chi connectivity index (χ2n) is 2.62. The maximum absolute atomic E-state index is 11.6. The van der Waals surface area contributed by atoms with Gasteiger partial charge in [-0.1, -0.05) is 0 Å². The molecule has 0 aliphatic carbocycles. The van der Waals surface area contributed by atoms with Crippen molar-refractivity contribution in [2.45, 2.75) is 9.79 Å². The lowest BCUT2D eigenvalue weighted by Crippen LogP contribution is -2.19. The van der Waals surface area contributed by atoms with Crippen molar-refractivity contribution in [1.82, 2.24) is 4.72 Å². The van der Waals surface area contributed by atoms with Gasteiger partial charge in [-0.25, -0.2) is 13.1 Å². The molecule has 0 aliphatic rings. The second kappa shape index (κ2) is 4.20. The van der Waals surface area contributed by atoms with Crippen molar-refractivity contribution in [2.75, 3.05) is 19.0 Å². The SMILES string of the molecule is CNS(=O)(=O)c1cc(N)ccc1SC. The molecule has 0 saturated carbocycles. The van der Waals surface area contributed by atoms with Gasteiger partial charge in [0.15, 0.2) is 0 Å². The molecule has 1 aromatic carbocycles. The van der Waals surface area contributed by atoms with Crippen molar-refractivity contribution in [3.05, 3.63) is 18.2 Å². The number of sulfonamides is 1. The lowest BCUT2D eigenvalue weighted by atomic mass is 10.3. The lowest BCUT2D eigenvalue weighted by molar-refractivity contribution is 0.586. The number of hydrogen-bond acceptors (Lipinski definition) is 4. The van der Waals surface area contributed by atoms with Crippen molar-refractivity contribution in [2.24, 2.45) is 0 Å². The number of rotatable bonds is 3. The van der Waals surface area contributed by atoms with E-state index in [-0.39, 0.29) is 4.90 Å². The molecule has 0 saturated heterocycles. The highest BCUT2D eigenvalue weighted by atomic mass is 32.2. The van der Waals surface area contributed by atoms with Gasteiger partial charge in [0.1, 0.15) is 0 Å². The van der Waals surface area contributed by atoms with Crippen LogP contribution >= 0.6 is 11.8 Å². The molecule has 0 radical (unpaired) electrons. The molecule has 6 heteroatoms. The van der Waals surface area contributed by atoms with Gasteiger partial charge in [-0.2, -0.15) is 0 Å². The van der Waals surface area contributed by atoms with Crippen LogP contribution in [0.25, 0.3) is 0 Å². The van der Waals surface area contributed by atoms with Gasteiger partial charge in [0, 0.05) is 10.6 Å². The van der Waals surface area contributed by atoms with Gasteiger partial charge in [0.2, 0.25) is 10.0 Å². The monoisotopic (exact) mass is 232 g/mol. The fourth-order valence-electron chi connectivity index (χ4n) is 1.01. The first-order chi connectivity index (χ1) is 6.51. The minimum Gasteiger partial charge on any atom is -0.399 e. The second-order valence-corrected chi connectivity index (χ2v) is 5.32. The Morgan fingerprint density at radius 2 is 2.07 bits per heavy atom. The normalized spacial score (nSPS) is 11.6. The molecule has 1 rings (SSSR count). The van der Waals surface area contributed by atoms with E-state index in [1.807, 2.05) is 6.26 Å². The first kappa shape index (κ1) is 11.4. The molecule has 78 valence electrons. The van der Waals surface area contributed by atoms with Gasteiger partial charge in [0.25, 0.3) is 0 Å². The van der Waals surface area contributed by atoms with Crippen molar-refractivity contribution < 1.29 is 8.42 Å². The van der Waals surface area contributed by atoms with Crippen molar-refractivity contribution in [3.63, 3.8) is 0 Å². The van der Waals surface area contributed by atoms with E-state index in [2.05, 4.69) is 4.72 Å². The molecule has 0 fully saturated rings. The van der Waals surface area contributed by atoms with E-state index in [1.165, 1.54) is 24.9 Å². The Bertz CT molecular complexity index is 429. The molecule has 0 atom stereocenters. The van der Waals surface area contributed by atoms with Gasteiger partial charge >= 0.3 is 0 Å². The summed E-state index contributed by atoms with van der Waals surface area (Å²) in [6.45, 7) is 0. The van der Waals surface area contributed by atoms with E-state index in [1.54, 1.807) is 12.1 Å². The Kier molecular flexibility index (Phi) is 3.41. The summed E-state index contributed by atoms with van der Waals surface area (Å²) in [5.74, 6) is 0. The highest BCUT2D eigenvalue weighted by Gasteiger charge is 2.16. The van der Waals surface area contributed by atoms with Crippen molar-refractivity contribution >= 4 is 27.5 Å². The average Bonchev–Trinajstić information content (AvgIpc) is 2.18. The molecular formula is C8H12N2O2S2. The van der Waals surface area contributed by atoms with Crippen molar-refractivity contribution in [1.29, 1.82) is 0 Å². The quantitative estimate of drug-likeness (QED) is 0.600. The number of nitrogens with two attached hydrogens (primary N) is 1. The Hall–Kier alpha value is -0.720. The average molecular weight is 232 g/mol. The molecule has 0 unspecified atom stereocenters. The number of nitrogens with one attached hydrogen (secondary N) is 1. The lowest BCUT2D eigenvalue weighted by Gasteiger charge is -2.08. The standard InChI is InChI=1S/C8H12N2O2S2/c1-10-14(11,12)8-5-6(9)3-4-7(8)13-2/h3-5,10H,9H2,1-2H3. The minimum atomic E-state index is -3.41. The van der Waals surface area contributed by atoms with Crippen LogP contribution < -0.4 is 10.5 Å². The highest BCUT2D eigenvalue weighted by Crippen LogP contribution is 2.26. The third-order valence-electron chi connectivity index (χ3n) is 1.75. The van der Waals surface area contributed by atoms with E-state index >= 15 is 0 Å². The van der Waals surface area contributed by atoms with Crippen LogP contribution in [0.15, 0.2) is 28.0 Å². The summed E-state index contributed by atoms with van der Waals surface area (Å²) >= 11 is 1.37. The van der Waals surface area contributed by atoms with E-state index < -0.39 is 10.0 Å². The summed E-state index contributed by atoms with van der Waals surface area (Å²) in [7, 11) is -2.04. The fraction of sp³-hybridized carbons (Fsp3) is 0.250. The first-order valence-electron chi connectivity index (χ1n) is 3.88. The minimum absolute atomic E-state index is 0.229. The topological polar surface area (TPSA) is 72.2 Å². The highest BCUT2D eigenvalue weighted by molar-refractivity contribution is 7.99.